The van der Waals surface area contributed by atoms with Crippen molar-refractivity contribution in [3.8, 4) is 23.0 Å². The lowest BCUT2D eigenvalue weighted by Crippen LogP contribution is -2.10. The molecule has 0 bridgehead atoms. The topological polar surface area (TPSA) is 68.0 Å². The van der Waals surface area contributed by atoms with Crippen LogP contribution in [0.5, 0.6) is 0 Å². The molecule has 3 N–H and O–H groups in total. The van der Waals surface area contributed by atoms with Crippen LogP contribution in [0.1, 0.15) is 31.5 Å². The smallest absolute Gasteiger partial charge is 0.300 e. The van der Waals surface area contributed by atoms with Crippen molar-refractivity contribution >= 4 is 33.9 Å². The summed E-state index contributed by atoms with van der Waals surface area (Å²) in [7, 11) is 0. The van der Waals surface area contributed by atoms with Crippen molar-refractivity contribution in [1.82, 2.24) is 4.98 Å². The number of carbonyl (C=O) groups is 1. The maximum Gasteiger partial charge on any atom is 0.300 e. The number of allylic oxidation sites excluding steroid dienone is 1. The number of aromatic nitrogens is 1. The van der Waals surface area contributed by atoms with Crippen LogP contribution in [0.3, 0.4) is 0 Å². The summed E-state index contributed by atoms with van der Waals surface area (Å²) in [5, 5.41) is 3.37. The molecule has 4 nitrogen and oxygen atoms in total. The Kier molecular flexibility index (Phi) is 6.21. The molecule has 0 spiro atoms. The van der Waals surface area contributed by atoms with Gasteiger partial charge in [0, 0.05) is 28.0 Å². The standard InChI is InChI=1S/C20H20ClN3O/c1-4-6-17(21)16-10-15(12-23-13(16)3)14-8-9-18(22)19(11-14)24-20(25)7-5-2/h6,8-12H,4,22H2,1-3H3,(H,24,25)/b17-6+. The van der Waals surface area contributed by atoms with Crippen molar-refractivity contribution in [2.45, 2.75) is 27.2 Å². The summed E-state index contributed by atoms with van der Waals surface area (Å²) in [6.45, 7) is 5.55. The highest BCUT2D eigenvalue weighted by molar-refractivity contribution is 6.48. The van der Waals surface area contributed by atoms with E-state index in [0.29, 0.717) is 16.4 Å². The fourth-order valence-electron chi connectivity index (χ4n) is 2.33. The van der Waals surface area contributed by atoms with Gasteiger partial charge >= 0.3 is 0 Å². The number of benzene rings is 1. The summed E-state index contributed by atoms with van der Waals surface area (Å²) in [5.41, 5.74) is 10.5. The van der Waals surface area contributed by atoms with E-state index in [4.69, 9.17) is 17.3 Å². The van der Waals surface area contributed by atoms with Gasteiger partial charge in [0.2, 0.25) is 0 Å². The van der Waals surface area contributed by atoms with E-state index in [9.17, 15) is 4.79 Å². The molecule has 0 atom stereocenters. The largest absolute Gasteiger partial charge is 0.397 e. The van der Waals surface area contributed by atoms with E-state index in [1.807, 2.05) is 32.1 Å². The molecule has 0 saturated heterocycles. The second kappa shape index (κ2) is 8.36. The third kappa shape index (κ3) is 4.62. The number of hydrogen-bond acceptors (Lipinski definition) is 3. The number of amides is 1. The van der Waals surface area contributed by atoms with Gasteiger partial charge in [0.1, 0.15) is 0 Å². The van der Waals surface area contributed by atoms with Crippen molar-refractivity contribution in [3.05, 3.63) is 47.8 Å². The highest BCUT2D eigenvalue weighted by atomic mass is 35.5. The molecule has 0 aliphatic heterocycles. The number of halogens is 1. The van der Waals surface area contributed by atoms with Gasteiger partial charge in [-0.2, -0.15) is 0 Å². The van der Waals surface area contributed by atoms with E-state index < -0.39 is 5.91 Å². The van der Waals surface area contributed by atoms with Crippen molar-refractivity contribution < 1.29 is 4.79 Å². The van der Waals surface area contributed by atoms with Crippen LogP contribution in [-0.4, -0.2) is 10.9 Å². The molecule has 25 heavy (non-hydrogen) atoms. The van der Waals surface area contributed by atoms with Gasteiger partial charge in [-0.1, -0.05) is 36.6 Å². The fraction of sp³-hybridized carbons (Fsp3) is 0.200. The molecule has 1 aromatic heterocycles. The van der Waals surface area contributed by atoms with Gasteiger partial charge in [-0.15, -0.1) is 0 Å². The van der Waals surface area contributed by atoms with Crippen LogP contribution in [0.4, 0.5) is 11.4 Å². The number of nitrogens with one attached hydrogen (secondary N) is 1. The summed E-state index contributed by atoms with van der Waals surface area (Å²) >= 11 is 6.36. The second-order valence-corrected chi connectivity index (χ2v) is 5.86. The molecule has 0 fully saturated rings. The first kappa shape index (κ1) is 18.6. The highest BCUT2D eigenvalue weighted by Crippen LogP contribution is 2.30. The molecule has 2 rings (SSSR count). The lowest BCUT2D eigenvalue weighted by atomic mass is 10.0. The molecule has 1 amide bonds. The van der Waals surface area contributed by atoms with Gasteiger partial charge in [0.15, 0.2) is 0 Å². The molecule has 1 heterocycles. The first-order valence-electron chi connectivity index (χ1n) is 7.92. The van der Waals surface area contributed by atoms with Gasteiger partial charge in [0.25, 0.3) is 5.91 Å². The van der Waals surface area contributed by atoms with E-state index in [1.54, 1.807) is 25.3 Å². The van der Waals surface area contributed by atoms with Crippen LogP contribution >= 0.6 is 11.6 Å². The maximum absolute atomic E-state index is 11.7. The van der Waals surface area contributed by atoms with Crippen LogP contribution in [0.2, 0.25) is 0 Å². The third-order valence-corrected chi connectivity index (χ3v) is 3.96. The minimum atomic E-state index is -0.400. The van der Waals surface area contributed by atoms with Crippen LogP contribution in [-0.2, 0) is 4.79 Å². The van der Waals surface area contributed by atoms with E-state index in [0.717, 1.165) is 28.8 Å². The molecule has 0 unspecified atom stereocenters. The molecule has 1 aromatic carbocycles. The van der Waals surface area contributed by atoms with Gasteiger partial charge in [-0.3, -0.25) is 9.78 Å². The predicted molar refractivity (Wildman–Crippen MR) is 105 cm³/mol. The van der Waals surface area contributed by atoms with Crippen LogP contribution in [0, 0.1) is 18.8 Å². The van der Waals surface area contributed by atoms with E-state index >= 15 is 0 Å². The molecule has 0 aliphatic rings. The summed E-state index contributed by atoms with van der Waals surface area (Å²) in [6, 6.07) is 7.41. The molecule has 2 aromatic rings. The lowest BCUT2D eigenvalue weighted by molar-refractivity contribution is -0.111. The van der Waals surface area contributed by atoms with Crippen molar-refractivity contribution in [1.29, 1.82) is 0 Å². The zero-order valence-electron chi connectivity index (χ0n) is 14.5. The van der Waals surface area contributed by atoms with Crippen LogP contribution < -0.4 is 11.1 Å². The van der Waals surface area contributed by atoms with E-state index in [1.165, 1.54) is 0 Å². The monoisotopic (exact) mass is 353 g/mol. The molecule has 0 radical (unpaired) electrons. The van der Waals surface area contributed by atoms with Crippen LogP contribution in [0.25, 0.3) is 16.2 Å². The summed E-state index contributed by atoms with van der Waals surface area (Å²) in [4.78, 5) is 16.1. The molecule has 5 heteroatoms. The normalized spacial score (nSPS) is 10.8. The van der Waals surface area contributed by atoms with Gasteiger partial charge in [0.05, 0.1) is 11.4 Å². The van der Waals surface area contributed by atoms with Crippen molar-refractivity contribution in [3.63, 3.8) is 0 Å². The Hall–Kier alpha value is -2.77. The first-order chi connectivity index (χ1) is 12.0. The van der Waals surface area contributed by atoms with Crippen molar-refractivity contribution in [2.24, 2.45) is 0 Å². The fourth-order valence-corrected chi connectivity index (χ4v) is 2.68. The number of nitrogen functional groups attached to an aromatic ring is 1. The van der Waals surface area contributed by atoms with Gasteiger partial charge in [-0.05, 0) is 50.0 Å². The Morgan fingerprint density at radius 2 is 2.12 bits per heavy atom. The van der Waals surface area contributed by atoms with Crippen molar-refractivity contribution in [2.75, 3.05) is 11.1 Å². The van der Waals surface area contributed by atoms with E-state index in [-0.39, 0.29) is 0 Å². The number of nitrogens with zero attached hydrogens (tertiary/aromatic N) is 1. The average Bonchev–Trinajstić information content (AvgIpc) is 2.58. The summed E-state index contributed by atoms with van der Waals surface area (Å²) in [6.07, 6.45) is 4.57. The lowest BCUT2D eigenvalue weighted by Gasteiger charge is -2.11. The Balaban J connectivity index is 2.45. The summed E-state index contributed by atoms with van der Waals surface area (Å²) < 4.78 is 0. The number of rotatable bonds is 4. The quantitative estimate of drug-likeness (QED) is 0.624. The number of nitrogens with two attached hydrogens (primary N) is 1. The molecule has 128 valence electrons. The first-order valence-corrected chi connectivity index (χ1v) is 8.30. The highest BCUT2D eigenvalue weighted by Gasteiger charge is 2.09. The second-order valence-electron chi connectivity index (χ2n) is 5.45. The zero-order valence-corrected chi connectivity index (χ0v) is 15.2. The Morgan fingerprint density at radius 3 is 2.80 bits per heavy atom. The number of pyridine rings is 1. The van der Waals surface area contributed by atoms with Gasteiger partial charge < -0.3 is 11.1 Å². The predicted octanol–water partition coefficient (Wildman–Crippen LogP) is 4.59. The molecular formula is C20H20ClN3O. The van der Waals surface area contributed by atoms with Crippen LogP contribution in [0.15, 0.2) is 36.5 Å². The molecule has 0 aliphatic carbocycles. The Labute approximate surface area is 153 Å². The third-order valence-electron chi connectivity index (χ3n) is 3.60. The SMILES string of the molecule is CC#CC(=O)Nc1cc(-c2cnc(C)c(/C(Cl)=C\CC)c2)ccc1N. The maximum atomic E-state index is 11.7. The zero-order chi connectivity index (χ0) is 18.4. The molecular weight excluding hydrogens is 334 g/mol. The summed E-state index contributed by atoms with van der Waals surface area (Å²) in [5.74, 6) is 4.59. The molecule has 0 saturated carbocycles. The van der Waals surface area contributed by atoms with E-state index in [2.05, 4.69) is 22.1 Å². The number of carbonyl (C=O) groups excluding carboxylic acids is 1. The Bertz CT molecular complexity index is 892. The minimum Gasteiger partial charge on any atom is -0.397 e. The number of aryl methyl sites for hydroxylation is 1. The number of anilines is 2. The minimum absolute atomic E-state index is 0.400. The average molecular weight is 354 g/mol. The Morgan fingerprint density at radius 1 is 1.36 bits per heavy atom. The number of hydrogen-bond donors (Lipinski definition) is 2. The van der Waals surface area contributed by atoms with Gasteiger partial charge in [-0.25, -0.2) is 0 Å².